The molecule has 0 atom stereocenters. The van der Waals surface area contributed by atoms with Gasteiger partial charge >= 0.3 is 5.97 Å². The van der Waals surface area contributed by atoms with Crippen molar-refractivity contribution in [2.75, 3.05) is 20.7 Å². The number of nitrogens with zero attached hydrogens (tertiary/aromatic N) is 1. The van der Waals surface area contributed by atoms with Crippen LogP contribution < -0.4 is 4.90 Å². The minimum Gasteiger partial charge on any atom is -0.461 e. The predicted octanol–water partition coefficient (Wildman–Crippen LogP) is -0.0357. The van der Waals surface area contributed by atoms with Crippen molar-refractivity contribution < 1.29 is 14.4 Å². The number of carbonyl (C=O) groups excluding carboxylic acids is 1. The van der Waals surface area contributed by atoms with Crippen molar-refractivity contribution in [2.45, 2.75) is 13.5 Å². The third kappa shape index (κ3) is 3.08. The fourth-order valence-corrected chi connectivity index (χ4v) is 1.91. The fraction of sp³-hybridized carbons (Fsp3) is 0.556. The monoisotopic (exact) mass is 215 g/mol. The molecule has 0 amide bonds. The van der Waals surface area contributed by atoms with E-state index in [-0.39, 0.29) is 5.97 Å². The summed E-state index contributed by atoms with van der Waals surface area (Å²) < 4.78 is 4.84. The summed E-state index contributed by atoms with van der Waals surface area (Å²) in [6.07, 6.45) is 0. The maximum Gasteiger partial charge on any atom is 0.357 e. The van der Waals surface area contributed by atoms with Crippen molar-refractivity contribution in [3.05, 3.63) is 16.1 Å². The highest BCUT2D eigenvalue weighted by molar-refractivity contribution is 7.09. The summed E-state index contributed by atoms with van der Waals surface area (Å²) in [5, 5.41) is 2.71. The molecule has 0 bridgehead atoms. The van der Waals surface area contributed by atoms with Crippen LogP contribution in [0.3, 0.4) is 0 Å². The number of nitrogens with one attached hydrogen (secondary N) is 1. The SMILES string of the molecule is CCOC(=O)c1csc(C[NH+](C)C)n1. The van der Waals surface area contributed by atoms with Gasteiger partial charge in [0, 0.05) is 5.38 Å². The van der Waals surface area contributed by atoms with Crippen molar-refractivity contribution in [3.8, 4) is 0 Å². The van der Waals surface area contributed by atoms with Gasteiger partial charge in [-0.2, -0.15) is 0 Å². The van der Waals surface area contributed by atoms with Gasteiger partial charge in [-0.25, -0.2) is 9.78 Å². The Kier molecular flexibility index (Phi) is 4.03. The summed E-state index contributed by atoms with van der Waals surface area (Å²) in [5.41, 5.74) is 0.424. The van der Waals surface area contributed by atoms with E-state index in [9.17, 15) is 4.79 Å². The zero-order chi connectivity index (χ0) is 10.6. The highest BCUT2D eigenvalue weighted by Crippen LogP contribution is 2.09. The molecule has 0 aliphatic carbocycles. The number of rotatable bonds is 4. The molecule has 0 aromatic carbocycles. The molecule has 4 nitrogen and oxygen atoms in total. The maximum absolute atomic E-state index is 11.3. The van der Waals surface area contributed by atoms with Crippen molar-refractivity contribution in [1.82, 2.24) is 4.98 Å². The maximum atomic E-state index is 11.3. The van der Waals surface area contributed by atoms with Crippen LogP contribution in [0.15, 0.2) is 5.38 Å². The van der Waals surface area contributed by atoms with Crippen LogP contribution in [0, 0.1) is 0 Å². The third-order valence-corrected chi connectivity index (χ3v) is 2.39. The van der Waals surface area contributed by atoms with E-state index in [1.54, 1.807) is 12.3 Å². The number of quaternary nitrogens is 1. The highest BCUT2D eigenvalue weighted by Gasteiger charge is 2.12. The number of hydrogen-bond donors (Lipinski definition) is 1. The molecular weight excluding hydrogens is 200 g/mol. The predicted molar refractivity (Wildman–Crippen MR) is 54.6 cm³/mol. The molecule has 0 aliphatic heterocycles. The lowest BCUT2D eigenvalue weighted by atomic mass is 10.5. The third-order valence-electron chi connectivity index (χ3n) is 1.54. The van der Waals surface area contributed by atoms with Crippen molar-refractivity contribution in [1.29, 1.82) is 0 Å². The van der Waals surface area contributed by atoms with Crippen molar-refractivity contribution >= 4 is 17.3 Å². The molecule has 0 fully saturated rings. The first-order valence-electron chi connectivity index (χ1n) is 4.54. The summed E-state index contributed by atoms with van der Waals surface area (Å²) in [6.45, 7) is 3.02. The lowest BCUT2D eigenvalue weighted by molar-refractivity contribution is -0.872. The van der Waals surface area contributed by atoms with Crippen LogP contribution >= 0.6 is 11.3 Å². The van der Waals surface area contributed by atoms with Gasteiger partial charge in [0.1, 0.15) is 11.6 Å². The number of ether oxygens (including phenoxy) is 1. The number of carbonyl (C=O) groups is 1. The Labute approximate surface area is 87.5 Å². The molecule has 5 heteroatoms. The van der Waals surface area contributed by atoms with Gasteiger partial charge in [-0.15, -0.1) is 11.3 Å². The van der Waals surface area contributed by atoms with Gasteiger partial charge in [0.05, 0.1) is 20.7 Å². The van der Waals surface area contributed by atoms with Crippen LogP contribution in [-0.2, 0) is 11.3 Å². The molecule has 0 spiro atoms. The summed E-state index contributed by atoms with van der Waals surface area (Å²) >= 11 is 1.50. The topological polar surface area (TPSA) is 43.6 Å². The Morgan fingerprint density at radius 1 is 1.64 bits per heavy atom. The molecule has 0 aliphatic rings. The Hall–Kier alpha value is -0.940. The second-order valence-electron chi connectivity index (χ2n) is 3.23. The molecule has 1 aromatic rings. The highest BCUT2D eigenvalue weighted by atomic mass is 32.1. The second-order valence-corrected chi connectivity index (χ2v) is 4.17. The largest absolute Gasteiger partial charge is 0.461 e. The van der Waals surface area contributed by atoms with E-state index >= 15 is 0 Å². The van der Waals surface area contributed by atoms with Gasteiger partial charge in [-0.05, 0) is 6.92 Å². The zero-order valence-corrected chi connectivity index (χ0v) is 9.48. The van der Waals surface area contributed by atoms with Gasteiger partial charge in [-0.1, -0.05) is 0 Å². The number of esters is 1. The average Bonchev–Trinajstić information content (AvgIpc) is 2.52. The van der Waals surface area contributed by atoms with E-state index in [0.29, 0.717) is 12.3 Å². The first-order chi connectivity index (χ1) is 6.63. The molecule has 1 heterocycles. The van der Waals surface area contributed by atoms with E-state index in [4.69, 9.17) is 4.74 Å². The molecule has 78 valence electrons. The molecule has 1 aromatic heterocycles. The quantitative estimate of drug-likeness (QED) is 0.717. The smallest absolute Gasteiger partial charge is 0.357 e. The average molecular weight is 215 g/mol. The first kappa shape index (κ1) is 11.1. The normalized spacial score (nSPS) is 10.6. The molecule has 1 rings (SSSR count). The molecule has 0 saturated carbocycles. The fourth-order valence-electron chi connectivity index (χ4n) is 0.993. The van der Waals surface area contributed by atoms with E-state index < -0.39 is 0 Å². The Balaban J connectivity index is 2.63. The second kappa shape index (κ2) is 5.07. The van der Waals surface area contributed by atoms with Gasteiger partial charge < -0.3 is 9.64 Å². The van der Waals surface area contributed by atoms with Crippen LogP contribution in [0.25, 0.3) is 0 Å². The molecule has 0 saturated heterocycles. The molecular formula is C9H15N2O2S+. The molecule has 0 unspecified atom stereocenters. The first-order valence-corrected chi connectivity index (χ1v) is 5.42. The minimum absolute atomic E-state index is 0.330. The number of aromatic nitrogens is 1. The standard InChI is InChI=1S/C9H14N2O2S/c1-4-13-9(12)7-6-14-8(10-7)5-11(2)3/h6H,4-5H2,1-3H3/p+1. The zero-order valence-electron chi connectivity index (χ0n) is 8.66. The van der Waals surface area contributed by atoms with E-state index in [2.05, 4.69) is 4.98 Å². The van der Waals surface area contributed by atoms with E-state index in [1.807, 2.05) is 14.1 Å². The van der Waals surface area contributed by atoms with Gasteiger partial charge in [0.15, 0.2) is 5.69 Å². The lowest BCUT2D eigenvalue weighted by Gasteiger charge is -2.02. The van der Waals surface area contributed by atoms with Crippen LogP contribution in [0.5, 0.6) is 0 Å². The Morgan fingerprint density at radius 3 is 2.93 bits per heavy atom. The number of thiazole rings is 1. The van der Waals surface area contributed by atoms with E-state index in [1.165, 1.54) is 16.2 Å². The minimum atomic E-state index is -0.330. The van der Waals surface area contributed by atoms with Crippen LogP contribution in [0.1, 0.15) is 22.4 Å². The van der Waals surface area contributed by atoms with Gasteiger partial charge in [-0.3, -0.25) is 0 Å². The van der Waals surface area contributed by atoms with Crippen molar-refractivity contribution in [2.24, 2.45) is 0 Å². The summed E-state index contributed by atoms with van der Waals surface area (Å²) in [5.74, 6) is -0.330. The van der Waals surface area contributed by atoms with E-state index in [0.717, 1.165) is 11.6 Å². The lowest BCUT2D eigenvalue weighted by Crippen LogP contribution is -3.04. The summed E-state index contributed by atoms with van der Waals surface area (Å²) in [6, 6.07) is 0. The summed E-state index contributed by atoms with van der Waals surface area (Å²) in [4.78, 5) is 16.7. The van der Waals surface area contributed by atoms with Crippen LogP contribution in [0.4, 0.5) is 0 Å². The van der Waals surface area contributed by atoms with Crippen LogP contribution in [-0.4, -0.2) is 31.7 Å². The Morgan fingerprint density at radius 2 is 2.36 bits per heavy atom. The van der Waals surface area contributed by atoms with Crippen molar-refractivity contribution in [3.63, 3.8) is 0 Å². The molecule has 14 heavy (non-hydrogen) atoms. The van der Waals surface area contributed by atoms with Gasteiger partial charge in [0.25, 0.3) is 0 Å². The Bertz CT molecular complexity index is 310. The molecule has 1 N–H and O–H groups in total. The van der Waals surface area contributed by atoms with Gasteiger partial charge in [0.2, 0.25) is 0 Å². The summed E-state index contributed by atoms with van der Waals surface area (Å²) in [7, 11) is 4.09. The van der Waals surface area contributed by atoms with Crippen LogP contribution in [0.2, 0.25) is 0 Å². The molecule has 0 radical (unpaired) electrons. The number of hydrogen-bond acceptors (Lipinski definition) is 4.